The molecular formula is C15H28N4. The van der Waals surface area contributed by atoms with Crippen LogP contribution >= 0.6 is 0 Å². The zero-order valence-corrected chi connectivity index (χ0v) is 12.7. The lowest BCUT2D eigenvalue weighted by Crippen LogP contribution is -2.38. The van der Waals surface area contributed by atoms with Gasteiger partial charge in [-0.2, -0.15) is 5.10 Å². The predicted molar refractivity (Wildman–Crippen MR) is 79.2 cm³/mol. The maximum atomic E-state index is 4.36. The number of aryl methyl sites for hydroxylation is 2. The van der Waals surface area contributed by atoms with E-state index in [1.165, 1.54) is 44.3 Å². The molecule has 1 atom stereocenters. The lowest BCUT2D eigenvalue weighted by atomic mass is 10.0. The van der Waals surface area contributed by atoms with E-state index in [2.05, 4.69) is 35.4 Å². The molecule has 0 radical (unpaired) electrons. The van der Waals surface area contributed by atoms with Crippen LogP contribution in [0.3, 0.4) is 0 Å². The summed E-state index contributed by atoms with van der Waals surface area (Å²) in [7, 11) is 1.98. The van der Waals surface area contributed by atoms with Gasteiger partial charge in [0.15, 0.2) is 0 Å². The number of nitrogens with one attached hydrogen (secondary N) is 1. The van der Waals surface area contributed by atoms with Crippen LogP contribution in [0.5, 0.6) is 0 Å². The molecule has 1 unspecified atom stereocenters. The lowest BCUT2D eigenvalue weighted by molar-refractivity contribution is 0.159. The molecule has 4 heteroatoms. The minimum Gasteiger partial charge on any atom is -0.312 e. The Labute approximate surface area is 117 Å². The number of nitrogens with zero attached hydrogens (tertiary/aromatic N) is 3. The van der Waals surface area contributed by atoms with Crippen molar-refractivity contribution in [1.82, 2.24) is 20.0 Å². The molecular weight excluding hydrogens is 236 g/mol. The molecule has 1 saturated heterocycles. The largest absolute Gasteiger partial charge is 0.312 e. The zero-order valence-electron chi connectivity index (χ0n) is 12.7. The number of piperidine rings is 1. The van der Waals surface area contributed by atoms with Gasteiger partial charge in [0.25, 0.3) is 0 Å². The monoisotopic (exact) mass is 264 g/mol. The van der Waals surface area contributed by atoms with Crippen molar-refractivity contribution >= 4 is 0 Å². The molecule has 19 heavy (non-hydrogen) atoms. The fraction of sp³-hybridized carbons (Fsp3) is 0.800. The Morgan fingerprint density at radius 2 is 2.26 bits per heavy atom. The first-order valence-electron chi connectivity index (χ1n) is 7.60. The second-order valence-corrected chi connectivity index (χ2v) is 5.82. The first kappa shape index (κ1) is 14.5. The summed E-state index contributed by atoms with van der Waals surface area (Å²) in [6.45, 7) is 9.01. The fourth-order valence-corrected chi connectivity index (χ4v) is 2.94. The number of hydrogen-bond donors (Lipinski definition) is 1. The van der Waals surface area contributed by atoms with Gasteiger partial charge in [0, 0.05) is 31.4 Å². The molecule has 4 nitrogen and oxygen atoms in total. The lowest BCUT2D eigenvalue weighted by Gasteiger charge is -2.33. The molecule has 0 aliphatic carbocycles. The van der Waals surface area contributed by atoms with E-state index in [1.54, 1.807) is 0 Å². The third kappa shape index (κ3) is 4.32. The van der Waals surface area contributed by atoms with E-state index >= 15 is 0 Å². The Bertz CT molecular complexity index is 385. The molecule has 1 aromatic heterocycles. The van der Waals surface area contributed by atoms with E-state index in [9.17, 15) is 0 Å². The van der Waals surface area contributed by atoms with Gasteiger partial charge in [0.2, 0.25) is 0 Å². The minimum absolute atomic E-state index is 0.786. The van der Waals surface area contributed by atoms with E-state index in [0.717, 1.165) is 24.8 Å². The molecule has 0 saturated carbocycles. The van der Waals surface area contributed by atoms with E-state index in [-0.39, 0.29) is 0 Å². The van der Waals surface area contributed by atoms with Crippen LogP contribution < -0.4 is 5.32 Å². The molecule has 108 valence electrons. The van der Waals surface area contributed by atoms with Gasteiger partial charge in [-0.1, -0.05) is 6.42 Å². The third-order valence-corrected chi connectivity index (χ3v) is 4.17. The number of likely N-dealkylation sites (tertiary alicyclic amines) is 1. The summed E-state index contributed by atoms with van der Waals surface area (Å²) >= 11 is 0. The summed E-state index contributed by atoms with van der Waals surface area (Å²) in [5.41, 5.74) is 2.45. The summed E-state index contributed by atoms with van der Waals surface area (Å²) in [4.78, 5) is 2.64. The Morgan fingerprint density at radius 3 is 2.95 bits per heavy atom. The predicted octanol–water partition coefficient (Wildman–Crippen LogP) is 2.08. The van der Waals surface area contributed by atoms with Crippen molar-refractivity contribution in [3.63, 3.8) is 0 Å². The van der Waals surface area contributed by atoms with Crippen molar-refractivity contribution in [2.75, 3.05) is 19.6 Å². The first-order valence-corrected chi connectivity index (χ1v) is 7.60. The van der Waals surface area contributed by atoms with Gasteiger partial charge in [-0.05, 0) is 52.7 Å². The molecule has 2 rings (SSSR count). The summed E-state index contributed by atoms with van der Waals surface area (Å²) < 4.78 is 1.89. The maximum Gasteiger partial charge on any atom is 0.0638 e. The molecule has 1 N–H and O–H groups in total. The summed E-state index contributed by atoms with van der Waals surface area (Å²) in [5, 5.41) is 7.89. The topological polar surface area (TPSA) is 33.1 Å². The van der Waals surface area contributed by atoms with Crippen molar-refractivity contribution in [3.05, 3.63) is 17.5 Å². The average Bonchev–Trinajstić information content (AvgIpc) is 2.70. The Kier molecular flexibility index (Phi) is 5.40. The molecule has 0 aromatic carbocycles. The van der Waals surface area contributed by atoms with Crippen molar-refractivity contribution in [3.8, 4) is 0 Å². The number of aromatic nitrogens is 2. The molecule has 1 fully saturated rings. The smallest absolute Gasteiger partial charge is 0.0638 e. The van der Waals surface area contributed by atoms with Gasteiger partial charge in [0.1, 0.15) is 0 Å². The van der Waals surface area contributed by atoms with Crippen LogP contribution in [0.25, 0.3) is 0 Å². The minimum atomic E-state index is 0.786. The van der Waals surface area contributed by atoms with Crippen LogP contribution in [0, 0.1) is 6.92 Å². The van der Waals surface area contributed by atoms with Crippen LogP contribution in [0.2, 0.25) is 0 Å². The second kappa shape index (κ2) is 7.06. The average molecular weight is 264 g/mol. The third-order valence-electron chi connectivity index (χ3n) is 4.17. The SMILES string of the molecule is Cc1nn(C)cc1CNCCCN1CCCCC1C. The molecule has 2 heterocycles. The van der Waals surface area contributed by atoms with Gasteiger partial charge in [0.05, 0.1) is 5.69 Å². The van der Waals surface area contributed by atoms with E-state index < -0.39 is 0 Å². The van der Waals surface area contributed by atoms with Crippen molar-refractivity contribution < 1.29 is 0 Å². The van der Waals surface area contributed by atoms with Crippen molar-refractivity contribution in [1.29, 1.82) is 0 Å². The maximum absolute atomic E-state index is 4.36. The highest BCUT2D eigenvalue weighted by Crippen LogP contribution is 2.16. The second-order valence-electron chi connectivity index (χ2n) is 5.82. The summed E-state index contributed by atoms with van der Waals surface area (Å²) in [6, 6.07) is 0.786. The van der Waals surface area contributed by atoms with Gasteiger partial charge >= 0.3 is 0 Å². The summed E-state index contributed by atoms with van der Waals surface area (Å²) in [5.74, 6) is 0. The Hall–Kier alpha value is -0.870. The first-order chi connectivity index (χ1) is 9.16. The van der Waals surface area contributed by atoms with Gasteiger partial charge in [-0.25, -0.2) is 0 Å². The fourth-order valence-electron chi connectivity index (χ4n) is 2.94. The van der Waals surface area contributed by atoms with E-state index in [1.807, 2.05) is 11.7 Å². The van der Waals surface area contributed by atoms with Crippen LogP contribution in [0.1, 0.15) is 43.9 Å². The highest BCUT2D eigenvalue weighted by Gasteiger charge is 2.16. The van der Waals surface area contributed by atoms with Crippen molar-refractivity contribution in [2.45, 2.75) is 52.1 Å². The van der Waals surface area contributed by atoms with Gasteiger partial charge in [-0.15, -0.1) is 0 Å². The van der Waals surface area contributed by atoms with E-state index in [4.69, 9.17) is 0 Å². The van der Waals surface area contributed by atoms with Crippen LogP contribution in [0.15, 0.2) is 6.20 Å². The molecule has 0 spiro atoms. The van der Waals surface area contributed by atoms with Crippen LogP contribution in [-0.2, 0) is 13.6 Å². The summed E-state index contributed by atoms with van der Waals surface area (Å²) in [6.07, 6.45) is 7.52. The van der Waals surface area contributed by atoms with Crippen molar-refractivity contribution in [2.24, 2.45) is 7.05 Å². The Morgan fingerprint density at radius 1 is 1.42 bits per heavy atom. The highest BCUT2D eigenvalue weighted by atomic mass is 15.2. The number of rotatable bonds is 6. The van der Waals surface area contributed by atoms with Gasteiger partial charge in [-0.3, -0.25) is 4.68 Å². The quantitative estimate of drug-likeness (QED) is 0.799. The zero-order chi connectivity index (χ0) is 13.7. The molecule has 1 aromatic rings. The van der Waals surface area contributed by atoms with Crippen LogP contribution in [0.4, 0.5) is 0 Å². The van der Waals surface area contributed by atoms with Crippen LogP contribution in [-0.4, -0.2) is 40.4 Å². The highest BCUT2D eigenvalue weighted by molar-refractivity contribution is 5.14. The molecule has 0 amide bonds. The number of hydrogen-bond acceptors (Lipinski definition) is 3. The molecule has 1 aliphatic rings. The molecule has 0 bridgehead atoms. The standard InChI is InChI=1S/C15H28N4/c1-13-7-4-5-9-19(13)10-6-8-16-11-15-12-18(3)17-14(15)2/h12-13,16H,4-11H2,1-3H3. The molecule has 1 aliphatic heterocycles. The Balaban J connectivity index is 1.60. The normalized spacial score (nSPS) is 20.9. The van der Waals surface area contributed by atoms with Gasteiger partial charge < -0.3 is 10.2 Å². The van der Waals surface area contributed by atoms with E-state index in [0.29, 0.717) is 0 Å².